The van der Waals surface area contributed by atoms with Gasteiger partial charge in [-0.2, -0.15) is 0 Å². The van der Waals surface area contributed by atoms with Gasteiger partial charge in [0.2, 0.25) is 0 Å². The number of carbonyl (C=O) groups is 1. The maximum atomic E-state index is 11.5. The molecule has 0 aliphatic rings. The van der Waals surface area contributed by atoms with Crippen molar-refractivity contribution >= 4 is 5.91 Å². The molecule has 0 aromatic rings. The Labute approximate surface area is 79.6 Å². The van der Waals surface area contributed by atoms with Crippen molar-refractivity contribution in [3.05, 3.63) is 23.8 Å². The van der Waals surface area contributed by atoms with E-state index in [0.29, 0.717) is 5.57 Å². The number of hydrogen-bond donors (Lipinski definition) is 0. The summed E-state index contributed by atoms with van der Waals surface area (Å²) in [4.78, 5) is 16.3. The monoisotopic (exact) mass is 183 g/mol. The normalized spacial score (nSPS) is 12.0. The van der Waals surface area contributed by atoms with Crippen molar-refractivity contribution in [1.29, 1.82) is 0 Å². The van der Waals surface area contributed by atoms with Gasteiger partial charge in [0.1, 0.15) is 0 Å². The predicted molar refractivity (Wildman–Crippen MR) is 53.0 cm³/mol. The van der Waals surface area contributed by atoms with Crippen molar-refractivity contribution in [2.24, 2.45) is 0 Å². The Balaban J connectivity index is 4.56. The highest BCUT2D eigenvalue weighted by atomic mass is 16.7. The first-order valence-corrected chi connectivity index (χ1v) is 4.14. The highest BCUT2D eigenvalue weighted by Crippen LogP contribution is 2.10. The third-order valence-corrected chi connectivity index (χ3v) is 1.97. The molecular formula is C10H17NO2. The second kappa shape index (κ2) is 5.54. The Morgan fingerprint density at radius 1 is 1.54 bits per heavy atom. The van der Waals surface area contributed by atoms with E-state index in [4.69, 9.17) is 4.84 Å². The molecule has 0 heterocycles. The molecule has 0 unspecified atom stereocenters. The molecule has 0 fully saturated rings. The highest BCUT2D eigenvalue weighted by Gasteiger charge is 2.11. The molecule has 0 saturated heterocycles. The molecule has 0 rings (SSSR count). The molecule has 0 atom stereocenters. The third kappa shape index (κ3) is 3.42. The Morgan fingerprint density at radius 2 is 2.08 bits per heavy atom. The van der Waals surface area contributed by atoms with Crippen LogP contribution in [0.5, 0.6) is 0 Å². The molecule has 0 spiro atoms. The SMILES string of the molecule is C=CC/C(C)=C(/C)C(=O)N(C)OC. The lowest BCUT2D eigenvalue weighted by Gasteiger charge is -2.15. The van der Waals surface area contributed by atoms with Gasteiger partial charge in [0.05, 0.1) is 7.11 Å². The van der Waals surface area contributed by atoms with Crippen LogP contribution in [0.3, 0.4) is 0 Å². The number of rotatable bonds is 4. The Bertz CT molecular complexity index is 231. The summed E-state index contributed by atoms with van der Waals surface area (Å²) in [6.07, 6.45) is 2.51. The van der Waals surface area contributed by atoms with Crippen LogP contribution in [0, 0.1) is 0 Å². The fraction of sp³-hybridized carbons (Fsp3) is 0.500. The van der Waals surface area contributed by atoms with Crippen molar-refractivity contribution in [1.82, 2.24) is 5.06 Å². The minimum absolute atomic E-state index is 0.109. The molecule has 3 nitrogen and oxygen atoms in total. The largest absolute Gasteiger partial charge is 0.274 e. The Morgan fingerprint density at radius 3 is 2.46 bits per heavy atom. The van der Waals surface area contributed by atoms with Crippen LogP contribution in [0.25, 0.3) is 0 Å². The van der Waals surface area contributed by atoms with E-state index < -0.39 is 0 Å². The summed E-state index contributed by atoms with van der Waals surface area (Å²) in [6, 6.07) is 0. The van der Waals surface area contributed by atoms with Crippen LogP contribution in [0.15, 0.2) is 23.8 Å². The summed E-state index contributed by atoms with van der Waals surface area (Å²) >= 11 is 0. The van der Waals surface area contributed by atoms with E-state index in [2.05, 4.69) is 6.58 Å². The van der Waals surface area contributed by atoms with Crippen molar-refractivity contribution in [3.8, 4) is 0 Å². The van der Waals surface area contributed by atoms with Crippen LogP contribution in [-0.2, 0) is 9.63 Å². The minimum Gasteiger partial charge on any atom is -0.274 e. The van der Waals surface area contributed by atoms with Crippen LogP contribution in [-0.4, -0.2) is 25.1 Å². The van der Waals surface area contributed by atoms with Crippen molar-refractivity contribution in [3.63, 3.8) is 0 Å². The van der Waals surface area contributed by atoms with Crippen molar-refractivity contribution in [2.45, 2.75) is 20.3 Å². The molecule has 74 valence electrons. The van der Waals surface area contributed by atoms with Gasteiger partial charge in [-0.05, 0) is 20.3 Å². The molecule has 0 aromatic carbocycles. The summed E-state index contributed by atoms with van der Waals surface area (Å²) in [5.41, 5.74) is 1.73. The summed E-state index contributed by atoms with van der Waals surface area (Å²) in [5, 5.41) is 1.21. The molecule has 0 radical (unpaired) electrons. The molecule has 0 bridgehead atoms. The molecular weight excluding hydrogens is 166 g/mol. The molecule has 1 amide bonds. The lowest BCUT2D eigenvalue weighted by atomic mass is 10.1. The number of amides is 1. The zero-order valence-electron chi connectivity index (χ0n) is 8.76. The van der Waals surface area contributed by atoms with Crippen LogP contribution in [0.2, 0.25) is 0 Å². The number of likely N-dealkylation sites (N-methyl/N-ethyl adjacent to an activating group) is 1. The van der Waals surface area contributed by atoms with Gasteiger partial charge in [0, 0.05) is 12.6 Å². The lowest BCUT2D eigenvalue weighted by Crippen LogP contribution is -2.26. The molecule has 13 heavy (non-hydrogen) atoms. The second-order valence-corrected chi connectivity index (χ2v) is 2.88. The number of nitrogens with zero attached hydrogens (tertiary/aromatic N) is 1. The smallest absolute Gasteiger partial charge is 0.272 e. The van der Waals surface area contributed by atoms with Crippen LogP contribution >= 0.6 is 0 Å². The van der Waals surface area contributed by atoms with Crippen LogP contribution in [0.4, 0.5) is 0 Å². The summed E-state index contributed by atoms with van der Waals surface area (Å²) in [5.74, 6) is -0.109. The van der Waals surface area contributed by atoms with Crippen molar-refractivity contribution < 1.29 is 9.63 Å². The number of hydroxylamine groups is 2. The average molecular weight is 183 g/mol. The van der Waals surface area contributed by atoms with E-state index in [1.54, 1.807) is 20.0 Å². The van der Waals surface area contributed by atoms with Gasteiger partial charge in [-0.3, -0.25) is 9.63 Å². The molecule has 0 aliphatic carbocycles. The maximum Gasteiger partial charge on any atom is 0.272 e. The van der Waals surface area contributed by atoms with Gasteiger partial charge in [0.15, 0.2) is 0 Å². The summed E-state index contributed by atoms with van der Waals surface area (Å²) < 4.78 is 0. The van der Waals surface area contributed by atoms with Gasteiger partial charge in [-0.15, -0.1) is 6.58 Å². The van der Waals surface area contributed by atoms with E-state index in [-0.39, 0.29) is 5.91 Å². The first-order valence-electron chi connectivity index (χ1n) is 4.14. The van der Waals surface area contributed by atoms with Crippen LogP contribution in [0.1, 0.15) is 20.3 Å². The maximum absolute atomic E-state index is 11.5. The van der Waals surface area contributed by atoms with Gasteiger partial charge >= 0.3 is 0 Å². The predicted octanol–water partition coefficient (Wildman–Crippen LogP) is 1.92. The third-order valence-electron chi connectivity index (χ3n) is 1.97. The number of allylic oxidation sites excluding steroid dienone is 2. The molecule has 0 saturated carbocycles. The topological polar surface area (TPSA) is 29.5 Å². The molecule has 0 aliphatic heterocycles. The first kappa shape index (κ1) is 11.9. The average Bonchev–Trinajstić information content (AvgIpc) is 2.14. The quantitative estimate of drug-likeness (QED) is 0.378. The minimum atomic E-state index is -0.109. The Kier molecular flexibility index (Phi) is 5.07. The lowest BCUT2D eigenvalue weighted by molar-refractivity contribution is -0.163. The molecule has 3 heteroatoms. The van der Waals surface area contributed by atoms with Gasteiger partial charge < -0.3 is 0 Å². The van der Waals surface area contributed by atoms with E-state index in [1.165, 1.54) is 12.2 Å². The van der Waals surface area contributed by atoms with Gasteiger partial charge in [-0.25, -0.2) is 5.06 Å². The fourth-order valence-electron chi connectivity index (χ4n) is 0.871. The van der Waals surface area contributed by atoms with E-state index in [0.717, 1.165) is 12.0 Å². The summed E-state index contributed by atoms with van der Waals surface area (Å²) in [6.45, 7) is 7.32. The first-order chi connectivity index (χ1) is 6.04. The fourth-order valence-corrected chi connectivity index (χ4v) is 0.871. The van der Waals surface area contributed by atoms with E-state index >= 15 is 0 Å². The standard InChI is InChI=1S/C10H17NO2/c1-6-7-8(2)9(3)10(12)11(4)13-5/h6H,1,7H2,2-5H3/b9-8-. The number of hydrogen-bond acceptors (Lipinski definition) is 2. The zero-order valence-corrected chi connectivity index (χ0v) is 8.76. The highest BCUT2D eigenvalue weighted by molar-refractivity contribution is 5.92. The van der Waals surface area contributed by atoms with Gasteiger partial charge in [-0.1, -0.05) is 11.6 Å². The van der Waals surface area contributed by atoms with Crippen molar-refractivity contribution in [2.75, 3.05) is 14.2 Å². The second-order valence-electron chi connectivity index (χ2n) is 2.88. The molecule has 0 aromatic heterocycles. The number of carbonyl (C=O) groups excluding carboxylic acids is 1. The van der Waals surface area contributed by atoms with Crippen LogP contribution < -0.4 is 0 Å². The van der Waals surface area contributed by atoms with E-state index in [1.807, 2.05) is 6.92 Å². The summed E-state index contributed by atoms with van der Waals surface area (Å²) in [7, 11) is 3.06. The Hall–Kier alpha value is -1.09. The van der Waals surface area contributed by atoms with E-state index in [9.17, 15) is 4.79 Å². The molecule has 0 N–H and O–H groups in total. The zero-order chi connectivity index (χ0) is 10.4. The van der Waals surface area contributed by atoms with Gasteiger partial charge in [0.25, 0.3) is 5.91 Å².